The molecule has 0 amide bonds. The molecule has 0 bridgehead atoms. The van der Waals surface area contributed by atoms with Crippen molar-refractivity contribution in [2.75, 3.05) is 12.4 Å². The number of hydrogen-bond donors (Lipinski definition) is 1. The molecule has 3 heteroatoms. The van der Waals surface area contributed by atoms with Crippen LogP contribution in [0.25, 0.3) is 0 Å². The van der Waals surface area contributed by atoms with Gasteiger partial charge in [0, 0.05) is 16.3 Å². The van der Waals surface area contributed by atoms with Crippen LogP contribution in [0, 0.1) is 13.8 Å². The highest BCUT2D eigenvalue weighted by atomic mass is 32.1. The third-order valence-electron chi connectivity index (χ3n) is 2.72. The van der Waals surface area contributed by atoms with Gasteiger partial charge >= 0.3 is 0 Å². The third kappa shape index (κ3) is 2.80. The molecule has 0 saturated heterocycles. The Balaban J connectivity index is 2.09. The van der Waals surface area contributed by atoms with Crippen molar-refractivity contribution in [3.05, 3.63) is 45.6 Å². The quantitative estimate of drug-likeness (QED) is 0.882. The molecule has 0 aliphatic rings. The molecule has 0 fully saturated rings. The zero-order valence-corrected chi connectivity index (χ0v) is 11.2. The Labute approximate surface area is 106 Å². The van der Waals surface area contributed by atoms with Gasteiger partial charge in [0.2, 0.25) is 0 Å². The van der Waals surface area contributed by atoms with Crippen molar-refractivity contribution in [2.24, 2.45) is 0 Å². The van der Waals surface area contributed by atoms with Crippen LogP contribution in [0.4, 0.5) is 5.69 Å². The van der Waals surface area contributed by atoms with E-state index < -0.39 is 0 Å². The maximum atomic E-state index is 5.31. The van der Waals surface area contributed by atoms with E-state index in [1.54, 1.807) is 7.11 Å². The van der Waals surface area contributed by atoms with Gasteiger partial charge in [-0.25, -0.2) is 0 Å². The van der Waals surface area contributed by atoms with Crippen molar-refractivity contribution >= 4 is 17.0 Å². The molecule has 0 radical (unpaired) electrons. The molecule has 0 saturated carbocycles. The van der Waals surface area contributed by atoms with Crippen LogP contribution in [0.5, 0.6) is 5.75 Å². The number of methoxy groups -OCH3 is 1. The van der Waals surface area contributed by atoms with E-state index in [0.29, 0.717) is 0 Å². The highest BCUT2D eigenvalue weighted by molar-refractivity contribution is 7.12. The molecule has 2 aromatic rings. The normalized spacial score (nSPS) is 10.3. The predicted octanol–water partition coefficient (Wildman–Crippen LogP) is 3.99. The fourth-order valence-electron chi connectivity index (χ4n) is 1.84. The number of para-hydroxylation sites is 2. The van der Waals surface area contributed by atoms with E-state index in [1.165, 1.54) is 15.3 Å². The second kappa shape index (κ2) is 5.23. The van der Waals surface area contributed by atoms with Crippen molar-refractivity contribution in [1.29, 1.82) is 0 Å². The number of benzene rings is 1. The average molecular weight is 247 g/mol. The van der Waals surface area contributed by atoms with E-state index in [2.05, 4.69) is 25.2 Å². The van der Waals surface area contributed by atoms with Crippen LogP contribution in [-0.4, -0.2) is 7.11 Å². The summed E-state index contributed by atoms with van der Waals surface area (Å²) in [6.45, 7) is 5.15. The van der Waals surface area contributed by atoms with Crippen LogP contribution >= 0.6 is 11.3 Å². The molecule has 17 heavy (non-hydrogen) atoms. The Bertz CT molecular complexity index is 505. The van der Waals surface area contributed by atoms with E-state index in [-0.39, 0.29) is 0 Å². The fourth-order valence-corrected chi connectivity index (χ4v) is 2.79. The Morgan fingerprint density at radius 3 is 2.65 bits per heavy atom. The van der Waals surface area contributed by atoms with E-state index >= 15 is 0 Å². The lowest BCUT2D eigenvalue weighted by Crippen LogP contribution is -2.01. The van der Waals surface area contributed by atoms with Gasteiger partial charge in [-0.3, -0.25) is 0 Å². The van der Waals surface area contributed by atoms with Crippen molar-refractivity contribution in [1.82, 2.24) is 0 Å². The second-order valence-corrected chi connectivity index (χ2v) is 5.45. The summed E-state index contributed by atoms with van der Waals surface area (Å²) in [5.41, 5.74) is 2.40. The maximum Gasteiger partial charge on any atom is 0.141 e. The summed E-state index contributed by atoms with van der Waals surface area (Å²) in [5, 5.41) is 3.42. The predicted molar refractivity (Wildman–Crippen MR) is 74.1 cm³/mol. The van der Waals surface area contributed by atoms with Crippen molar-refractivity contribution in [2.45, 2.75) is 20.4 Å². The number of thiophene rings is 1. The fraction of sp³-hybridized carbons (Fsp3) is 0.286. The largest absolute Gasteiger partial charge is 0.495 e. The lowest BCUT2D eigenvalue weighted by Gasteiger charge is -2.10. The van der Waals surface area contributed by atoms with Crippen LogP contribution in [0.3, 0.4) is 0 Å². The molecular weight excluding hydrogens is 230 g/mol. The molecular formula is C14H17NOS. The zero-order valence-electron chi connectivity index (χ0n) is 10.4. The lowest BCUT2D eigenvalue weighted by molar-refractivity contribution is 0.416. The van der Waals surface area contributed by atoms with Crippen LogP contribution < -0.4 is 10.1 Å². The summed E-state index contributed by atoms with van der Waals surface area (Å²) >= 11 is 1.84. The summed E-state index contributed by atoms with van der Waals surface area (Å²) in [5.74, 6) is 0.886. The molecule has 1 heterocycles. The van der Waals surface area contributed by atoms with Gasteiger partial charge in [0.05, 0.1) is 12.8 Å². The van der Waals surface area contributed by atoms with E-state index in [0.717, 1.165) is 18.0 Å². The first-order valence-electron chi connectivity index (χ1n) is 5.63. The number of hydrogen-bond acceptors (Lipinski definition) is 3. The molecule has 0 spiro atoms. The van der Waals surface area contributed by atoms with Crippen molar-refractivity contribution in [3.63, 3.8) is 0 Å². The minimum absolute atomic E-state index is 0.844. The van der Waals surface area contributed by atoms with Gasteiger partial charge in [-0.05, 0) is 37.6 Å². The van der Waals surface area contributed by atoms with Crippen LogP contribution in [-0.2, 0) is 6.54 Å². The van der Waals surface area contributed by atoms with Crippen LogP contribution in [0.15, 0.2) is 30.3 Å². The lowest BCUT2D eigenvalue weighted by atomic mass is 10.2. The average Bonchev–Trinajstić information content (AvgIpc) is 2.65. The van der Waals surface area contributed by atoms with E-state index in [9.17, 15) is 0 Å². The molecule has 2 rings (SSSR count). The van der Waals surface area contributed by atoms with Gasteiger partial charge in [-0.2, -0.15) is 0 Å². The zero-order chi connectivity index (χ0) is 12.3. The van der Waals surface area contributed by atoms with Gasteiger partial charge in [0.15, 0.2) is 0 Å². The summed E-state index contributed by atoms with van der Waals surface area (Å²) in [6, 6.07) is 10.2. The van der Waals surface area contributed by atoms with E-state index in [1.807, 2.05) is 35.6 Å². The molecule has 1 aromatic heterocycles. The Kier molecular flexibility index (Phi) is 3.69. The third-order valence-corrected chi connectivity index (χ3v) is 3.73. The van der Waals surface area contributed by atoms with Crippen LogP contribution in [0.2, 0.25) is 0 Å². The summed E-state index contributed by atoms with van der Waals surface area (Å²) in [7, 11) is 1.69. The van der Waals surface area contributed by atoms with Gasteiger partial charge in [0.1, 0.15) is 5.75 Å². The van der Waals surface area contributed by atoms with Crippen molar-refractivity contribution in [3.8, 4) is 5.75 Å². The minimum atomic E-state index is 0.844. The molecule has 90 valence electrons. The highest BCUT2D eigenvalue weighted by Crippen LogP contribution is 2.26. The monoisotopic (exact) mass is 247 g/mol. The summed E-state index contributed by atoms with van der Waals surface area (Å²) in [4.78, 5) is 2.74. The maximum absolute atomic E-state index is 5.31. The number of rotatable bonds is 4. The number of anilines is 1. The SMILES string of the molecule is COc1ccccc1NCc1cc(C)sc1C. The Morgan fingerprint density at radius 2 is 2.00 bits per heavy atom. The molecule has 1 aromatic carbocycles. The van der Waals surface area contributed by atoms with Gasteiger partial charge in [-0.1, -0.05) is 12.1 Å². The van der Waals surface area contributed by atoms with Gasteiger partial charge in [0.25, 0.3) is 0 Å². The van der Waals surface area contributed by atoms with Gasteiger partial charge < -0.3 is 10.1 Å². The highest BCUT2D eigenvalue weighted by Gasteiger charge is 2.04. The van der Waals surface area contributed by atoms with E-state index in [4.69, 9.17) is 4.74 Å². The molecule has 1 N–H and O–H groups in total. The van der Waals surface area contributed by atoms with Gasteiger partial charge in [-0.15, -0.1) is 11.3 Å². The molecule has 0 unspecified atom stereocenters. The first-order chi connectivity index (χ1) is 8.20. The first kappa shape index (κ1) is 12.0. The topological polar surface area (TPSA) is 21.3 Å². The summed E-state index contributed by atoms with van der Waals surface area (Å²) < 4.78 is 5.31. The standard InChI is InChI=1S/C14H17NOS/c1-10-8-12(11(2)17-10)9-15-13-6-4-5-7-14(13)16-3/h4-8,15H,9H2,1-3H3. The molecule has 0 atom stereocenters. The summed E-state index contributed by atoms with van der Waals surface area (Å²) in [6.07, 6.45) is 0. The van der Waals surface area contributed by atoms with Crippen LogP contribution in [0.1, 0.15) is 15.3 Å². The van der Waals surface area contributed by atoms with Crippen molar-refractivity contribution < 1.29 is 4.74 Å². The minimum Gasteiger partial charge on any atom is -0.495 e. The molecule has 0 aliphatic carbocycles. The number of aryl methyl sites for hydroxylation is 2. The Hall–Kier alpha value is -1.48. The smallest absolute Gasteiger partial charge is 0.141 e. The number of nitrogens with one attached hydrogen (secondary N) is 1. The number of ether oxygens (including phenoxy) is 1. The molecule has 2 nitrogen and oxygen atoms in total. The molecule has 0 aliphatic heterocycles. The second-order valence-electron chi connectivity index (χ2n) is 3.99. The first-order valence-corrected chi connectivity index (χ1v) is 6.45. The Morgan fingerprint density at radius 1 is 1.24 bits per heavy atom.